The van der Waals surface area contributed by atoms with Crippen molar-refractivity contribution in [3.8, 4) is 5.69 Å². The fourth-order valence-electron chi connectivity index (χ4n) is 1.88. The van der Waals surface area contributed by atoms with Crippen LogP contribution in [0.4, 0.5) is 0 Å². The van der Waals surface area contributed by atoms with Gasteiger partial charge in [-0.15, -0.1) is 15.0 Å². The number of benzene rings is 2. The third-order valence-electron chi connectivity index (χ3n) is 2.93. The van der Waals surface area contributed by atoms with Crippen LogP contribution >= 0.6 is 0 Å². The van der Waals surface area contributed by atoms with Crippen molar-refractivity contribution in [1.29, 1.82) is 0 Å². The number of rotatable bonds is 3. The normalized spacial score (nSPS) is 9.86. The van der Waals surface area contributed by atoms with E-state index >= 15 is 0 Å². The third kappa shape index (κ3) is 3.99. The SMILES string of the molecule is CC.Cc1ccc(-n2nnc(Cc3ccccc3)n2)cc1. The number of tetrazole rings is 1. The molecule has 1 heterocycles. The molecule has 1 aromatic heterocycles. The molecule has 0 unspecified atom stereocenters. The lowest BCUT2D eigenvalue weighted by molar-refractivity contribution is 0.718. The highest BCUT2D eigenvalue weighted by molar-refractivity contribution is 5.32. The fourth-order valence-corrected chi connectivity index (χ4v) is 1.88. The summed E-state index contributed by atoms with van der Waals surface area (Å²) in [6, 6.07) is 18.2. The average Bonchev–Trinajstić information content (AvgIpc) is 2.99. The molecule has 0 spiro atoms. The lowest BCUT2D eigenvalue weighted by Gasteiger charge is -1.98. The molecule has 0 aliphatic rings. The van der Waals surface area contributed by atoms with E-state index in [0.717, 1.165) is 11.5 Å². The van der Waals surface area contributed by atoms with Crippen LogP contribution in [0.3, 0.4) is 0 Å². The zero-order valence-electron chi connectivity index (χ0n) is 12.7. The Labute approximate surface area is 125 Å². The molecule has 0 saturated carbocycles. The van der Waals surface area contributed by atoms with Crippen molar-refractivity contribution < 1.29 is 0 Å². The van der Waals surface area contributed by atoms with E-state index in [1.807, 2.05) is 56.3 Å². The zero-order chi connectivity index (χ0) is 15.1. The van der Waals surface area contributed by atoms with Crippen molar-refractivity contribution in [3.05, 3.63) is 71.5 Å². The summed E-state index contributed by atoms with van der Waals surface area (Å²) in [5.41, 5.74) is 3.33. The minimum Gasteiger partial charge on any atom is -0.131 e. The van der Waals surface area contributed by atoms with Gasteiger partial charge in [0.25, 0.3) is 0 Å². The van der Waals surface area contributed by atoms with Crippen LogP contribution in [0.1, 0.15) is 30.8 Å². The first kappa shape index (κ1) is 14.9. The van der Waals surface area contributed by atoms with Crippen molar-refractivity contribution >= 4 is 0 Å². The first-order chi connectivity index (χ1) is 10.3. The molecule has 3 rings (SSSR count). The maximum absolute atomic E-state index is 4.40. The molecule has 0 aliphatic carbocycles. The van der Waals surface area contributed by atoms with Gasteiger partial charge in [-0.3, -0.25) is 0 Å². The highest BCUT2D eigenvalue weighted by atomic mass is 15.6. The summed E-state index contributed by atoms with van der Waals surface area (Å²) < 4.78 is 0. The molecule has 0 N–H and O–H groups in total. The summed E-state index contributed by atoms with van der Waals surface area (Å²) in [6.45, 7) is 6.05. The van der Waals surface area contributed by atoms with Crippen molar-refractivity contribution in [2.75, 3.05) is 0 Å². The lowest BCUT2D eigenvalue weighted by Crippen LogP contribution is -1.99. The number of hydrogen-bond acceptors (Lipinski definition) is 3. The van der Waals surface area contributed by atoms with E-state index < -0.39 is 0 Å². The molecule has 0 amide bonds. The highest BCUT2D eigenvalue weighted by Crippen LogP contribution is 2.08. The molecular formula is C17H20N4. The van der Waals surface area contributed by atoms with E-state index in [9.17, 15) is 0 Å². The van der Waals surface area contributed by atoms with Gasteiger partial charge in [-0.05, 0) is 29.8 Å². The van der Waals surface area contributed by atoms with E-state index in [-0.39, 0.29) is 0 Å². The van der Waals surface area contributed by atoms with E-state index in [4.69, 9.17) is 0 Å². The Hall–Kier alpha value is -2.49. The Morgan fingerprint density at radius 3 is 2.24 bits per heavy atom. The summed E-state index contributed by atoms with van der Waals surface area (Å²) in [7, 11) is 0. The smallest absolute Gasteiger partial charge is 0.131 e. The van der Waals surface area contributed by atoms with Gasteiger partial charge in [0.05, 0.1) is 5.69 Å². The molecule has 0 radical (unpaired) electrons. The predicted octanol–water partition coefficient (Wildman–Crippen LogP) is 3.59. The first-order valence-corrected chi connectivity index (χ1v) is 7.21. The van der Waals surface area contributed by atoms with Gasteiger partial charge in [0.2, 0.25) is 0 Å². The summed E-state index contributed by atoms with van der Waals surface area (Å²) in [4.78, 5) is 1.57. The number of nitrogens with zero attached hydrogens (tertiary/aromatic N) is 4. The maximum Gasteiger partial charge on any atom is 0.179 e. The quantitative estimate of drug-likeness (QED) is 0.736. The molecular weight excluding hydrogens is 260 g/mol. The summed E-state index contributed by atoms with van der Waals surface area (Å²) in [6.07, 6.45) is 0.701. The maximum atomic E-state index is 4.40. The molecule has 4 nitrogen and oxygen atoms in total. The van der Waals surface area contributed by atoms with Crippen molar-refractivity contribution in [2.45, 2.75) is 27.2 Å². The number of hydrogen-bond donors (Lipinski definition) is 0. The second kappa shape index (κ2) is 7.33. The van der Waals surface area contributed by atoms with Crippen LogP contribution in [-0.4, -0.2) is 20.2 Å². The summed E-state index contributed by atoms with van der Waals surface area (Å²) >= 11 is 0. The van der Waals surface area contributed by atoms with Crippen molar-refractivity contribution in [2.24, 2.45) is 0 Å². The minimum absolute atomic E-state index is 0.701. The second-order valence-corrected chi connectivity index (χ2v) is 4.49. The molecule has 0 aliphatic heterocycles. The summed E-state index contributed by atoms with van der Waals surface area (Å²) in [5, 5.41) is 12.6. The summed E-state index contributed by atoms with van der Waals surface area (Å²) in [5.74, 6) is 0.728. The molecule has 3 aromatic rings. The van der Waals surface area contributed by atoms with E-state index in [1.54, 1.807) is 4.80 Å². The average molecular weight is 280 g/mol. The van der Waals surface area contributed by atoms with Crippen LogP contribution in [0.25, 0.3) is 5.69 Å². The van der Waals surface area contributed by atoms with Crippen LogP contribution in [0.15, 0.2) is 54.6 Å². The van der Waals surface area contributed by atoms with Gasteiger partial charge >= 0.3 is 0 Å². The molecule has 108 valence electrons. The third-order valence-corrected chi connectivity index (χ3v) is 2.93. The first-order valence-electron chi connectivity index (χ1n) is 7.21. The molecule has 0 atom stereocenters. The number of aromatic nitrogens is 4. The molecule has 21 heavy (non-hydrogen) atoms. The topological polar surface area (TPSA) is 43.6 Å². The van der Waals surface area contributed by atoms with Crippen LogP contribution < -0.4 is 0 Å². The molecule has 4 heteroatoms. The van der Waals surface area contributed by atoms with Gasteiger partial charge in [-0.1, -0.05) is 61.9 Å². The fraction of sp³-hybridized carbons (Fsp3) is 0.235. The van der Waals surface area contributed by atoms with Gasteiger partial charge < -0.3 is 0 Å². The van der Waals surface area contributed by atoms with Crippen LogP contribution in [0, 0.1) is 6.92 Å². The Balaban J connectivity index is 0.000000774. The molecule has 0 fully saturated rings. The second-order valence-electron chi connectivity index (χ2n) is 4.49. The van der Waals surface area contributed by atoms with E-state index in [2.05, 4.69) is 34.5 Å². The van der Waals surface area contributed by atoms with Gasteiger partial charge in [0, 0.05) is 6.42 Å². The Bertz CT molecular complexity index is 657. The van der Waals surface area contributed by atoms with Crippen molar-refractivity contribution in [1.82, 2.24) is 20.2 Å². The lowest BCUT2D eigenvalue weighted by atomic mass is 10.1. The highest BCUT2D eigenvalue weighted by Gasteiger charge is 2.05. The molecule has 0 saturated heterocycles. The molecule has 0 bridgehead atoms. The van der Waals surface area contributed by atoms with E-state index in [1.165, 1.54) is 11.1 Å². The minimum atomic E-state index is 0.701. The molecule has 2 aromatic carbocycles. The van der Waals surface area contributed by atoms with Crippen LogP contribution in [0.2, 0.25) is 0 Å². The Morgan fingerprint density at radius 1 is 0.905 bits per heavy atom. The van der Waals surface area contributed by atoms with Crippen LogP contribution in [0.5, 0.6) is 0 Å². The predicted molar refractivity (Wildman–Crippen MR) is 84.5 cm³/mol. The van der Waals surface area contributed by atoms with E-state index in [0.29, 0.717) is 6.42 Å². The number of aryl methyl sites for hydroxylation is 1. The van der Waals surface area contributed by atoms with Gasteiger partial charge in [-0.2, -0.15) is 0 Å². The van der Waals surface area contributed by atoms with Gasteiger partial charge in [-0.25, -0.2) is 0 Å². The van der Waals surface area contributed by atoms with Gasteiger partial charge in [0.1, 0.15) is 0 Å². The van der Waals surface area contributed by atoms with Crippen LogP contribution in [-0.2, 0) is 6.42 Å². The monoisotopic (exact) mass is 280 g/mol. The largest absolute Gasteiger partial charge is 0.179 e. The zero-order valence-corrected chi connectivity index (χ0v) is 12.7. The Kier molecular flexibility index (Phi) is 5.21. The van der Waals surface area contributed by atoms with Gasteiger partial charge in [0.15, 0.2) is 5.82 Å². The standard InChI is InChI=1S/C15H14N4.C2H6/c1-12-7-9-14(10-8-12)19-17-15(16-18-19)11-13-5-3-2-4-6-13;1-2/h2-10H,11H2,1H3;1-2H3. The van der Waals surface area contributed by atoms with Crippen molar-refractivity contribution in [3.63, 3.8) is 0 Å². The Morgan fingerprint density at radius 2 is 1.57 bits per heavy atom.